The molecule has 116 valence electrons. The van der Waals surface area contributed by atoms with Crippen molar-refractivity contribution in [2.45, 2.75) is 13.8 Å². The van der Waals surface area contributed by atoms with E-state index in [4.69, 9.17) is 21.1 Å². The van der Waals surface area contributed by atoms with Crippen molar-refractivity contribution in [3.63, 3.8) is 0 Å². The molecule has 2 aromatic carbocycles. The van der Waals surface area contributed by atoms with Crippen molar-refractivity contribution in [3.05, 3.63) is 52.5 Å². The molecule has 0 aliphatic heterocycles. The molecule has 4 nitrogen and oxygen atoms in total. The lowest BCUT2D eigenvalue weighted by Crippen LogP contribution is -2.20. The molecule has 0 saturated heterocycles. The molecule has 0 unspecified atom stereocenters. The van der Waals surface area contributed by atoms with E-state index in [-0.39, 0.29) is 12.5 Å². The first-order valence-corrected chi connectivity index (χ1v) is 7.21. The molecule has 0 aliphatic carbocycles. The normalized spacial score (nSPS) is 10.2. The number of rotatable bonds is 5. The van der Waals surface area contributed by atoms with Gasteiger partial charge in [0.25, 0.3) is 5.91 Å². The molecule has 0 aromatic heterocycles. The fourth-order valence-electron chi connectivity index (χ4n) is 2.07. The average Bonchev–Trinajstić information content (AvgIpc) is 2.51. The third-order valence-electron chi connectivity index (χ3n) is 3.16. The maximum Gasteiger partial charge on any atom is 0.262 e. The summed E-state index contributed by atoms with van der Waals surface area (Å²) in [6.07, 6.45) is 0. The summed E-state index contributed by atoms with van der Waals surface area (Å²) in [6, 6.07) is 10.8. The second-order valence-corrected chi connectivity index (χ2v) is 5.29. The average molecular weight is 320 g/mol. The molecule has 5 heteroatoms. The van der Waals surface area contributed by atoms with E-state index in [1.54, 1.807) is 19.2 Å². The molecule has 0 bridgehead atoms. The highest BCUT2D eigenvalue weighted by Crippen LogP contribution is 2.26. The van der Waals surface area contributed by atoms with Crippen LogP contribution in [0.4, 0.5) is 5.69 Å². The second-order valence-electron chi connectivity index (χ2n) is 4.91. The van der Waals surface area contributed by atoms with E-state index in [0.717, 1.165) is 11.1 Å². The van der Waals surface area contributed by atoms with Crippen LogP contribution >= 0.6 is 11.6 Å². The Morgan fingerprint density at radius 1 is 1.18 bits per heavy atom. The molecule has 1 N–H and O–H groups in total. The molecule has 0 saturated carbocycles. The Balaban J connectivity index is 1.98. The number of carbonyl (C=O) groups is 1. The molecule has 0 atom stereocenters. The van der Waals surface area contributed by atoms with Gasteiger partial charge in [0.05, 0.1) is 12.8 Å². The zero-order valence-electron chi connectivity index (χ0n) is 12.8. The highest BCUT2D eigenvalue weighted by atomic mass is 35.5. The largest absolute Gasteiger partial charge is 0.495 e. The number of halogens is 1. The number of carbonyl (C=O) groups excluding carboxylic acids is 1. The number of hydrogen-bond donors (Lipinski definition) is 1. The fourth-order valence-corrected chi connectivity index (χ4v) is 2.18. The topological polar surface area (TPSA) is 47.6 Å². The molecule has 1 amide bonds. The summed E-state index contributed by atoms with van der Waals surface area (Å²) in [5.74, 6) is 0.971. The minimum absolute atomic E-state index is 0.0848. The van der Waals surface area contributed by atoms with Crippen LogP contribution in [-0.4, -0.2) is 19.6 Å². The van der Waals surface area contributed by atoms with E-state index in [1.165, 1.54) is 0 Å². The maximum absolute atomic E-state index is 12.0. The summed E-state index contributed by atoms with van der Waals surface area (Å²) in [5, 5.41) is 3.47. The van der Waals surface area contributed by atoms with Gasteiger partial charge in [0.1, 0.15) is 11.5 Å². The summed E-state index contributed by atoms with van der Waals surface area (Å²) in [4.78, 5) is 12.0. The Morgan fingerprint density at radius 3 is 2.45 bits per heavy atom. The number of methoxy groups -OCH3 is 1. The highest BCUT2D eigenvalue weighted by molar-refractivity contribution is 6.32. The van der Waals surface area contributed by atoms with E-state index in [0.29, 0.717) is 22.2 Å². The third kappa shape index (κ3) is 3.92. The number of amides is 1. The number of para-hydroxylation sites is 2. The predicted octanol–water partition coefficient (Wildman–Crippen LogP) is 3.98. The van der Waals surface area contributed by atoms with Gasteiger partial charge in [-0.3, -0.25) is 4.79 Å². The van der Waals surface area contributed by atoms with Crippen LogP contribution in [0.25, 0.3) is 0 Å². The van der Waals surface area contributed by atoms with Crippen molar-refractivity contribution in [2.24, 2.45) is 0 Å². The summed E-state index contributed by atoms with van der Waals surface area (Å²) >= 11 is 6.10. The second kappa shape index (κ2) is 7.18. The van der Waals surface area contributed by atoms with Gasteiger partial charge in [-0.05, 0) is 49.2 Å². The molecule has 0 heterocycles. The molecule has 0 aliphatic rings. The van der Waals surface area contributed by atoms with Crippen LogP contribution < -0.4 is 14.8 Å². The van der Waals surface area contributed by atoms with Crippen molar-refractivity contribution < 1.29 is 14.3 Å². The monoisotopic (exact) mass is 319 g/mol. The van der Waals surface area contributed by atoms with Crippen molar-refractivity contribution in [1.29, 1.82) is 0 Å². The van der Waals surface area contributed by atoms with E-state index in [1.807, 2.05) is 38.1 Å². The Morgan fingerprint density at radius 2 is 1.82 bits per heavy atom. The molecule has 2 aromatic rings. The van der Waals surface area contributed by atoms with Gasteiger partial charge in [0, 0.05) is 5.02 Å². The molecule has 0 fully saturated rings. The SMILES string of the molecule is COc1ccccc1NC(=O)COc1cc(C)c(Cl)c(C)c1. The first-order valence-electron chi connectivity index (χ1n) is 6.83. The Hall–Kier alpha value is -2.20. The molecule has 2 rings (SSSR count). The molecular formula is C17H18ClNO3. The van der Waals surface area contributed by atoms with Crippen molar-refractivity contribution in [1.82, 2.24) is 0 Å². The van der Waals surface area contributed by atoms with E-state index in [9.17, 15) is 4.79 Å². The van der Waals surface area contributed by atoms with Gasteiger partial charge in [-0.25, -0.2) is 0 Å². The van der Waals surface area contributed by atoms with Crippen LogP contribution in [-0.2, 0) is 4.79 Å². The highest BCUT2D eigenvalue weighted by Gasteiger charge is 2.09. The van der Waals surface area contributed by atoms with Gasteiger partial charge in [-0.2, -0.15) is 0 Å². The van der Waals surface area contributed by atoms with E-state index in [2.05, 4.69) is 5.32 Å². The molecule has 0 spiro atoms. The summed E-state index contributed by atoms with van der Waals surface area (Å²) in [7, 11) is 1.56. The number of nitrogens with one attached hydrogen (secondary N) is 1. The maximum atomic E-state index is 12.0. The number of hydrogen-bond acceptors (Lipinski definition) is 3. The summed E-state index contributed by atoms with van der Waals surface area (Å²) in [6.45, 7) is 3.72. The fraction of sp³-hybridized carbons (Fsp3) is 0.235. The van der Waals surface area contributed by atoms with Crippen LogP contribution in [0.3, 0.4) is 0 Å². The van der Waals surface area contributed by atoms with Crippen LogP contribution in [0, 0.1) is 13.8 Å². The smallest absolute Gasteiger partial charge is 0.262 e. The molecule has 0 radical (unpaired) electrons. The number of aryl methyl sites for hydroxylation is 2. The van der Waals surface area contributed by atoms with Gasteiger partial charge in [0.15, 0.2) is 6.61 Å². The predicted molar refractivity (Wildman–Crippen MR) is 88.0 cm³/mol. The standard InChI is InChI=1S/C17H18ClNO3/c1-11-8-13(9-12(2)17(11)18)22-10-16(20)19-14-6-4-5-7-15(14)21-3/h4-9H,10H2,1-3H3,(H,19,20). The lowest BCUT2D eigenvalue weighted by atomic mass is 10.1. The zero-order chi connectivity index (χ0) is 16.1. The quantitative estimate of drug-likeness (QED) is 0.906. The first-order chi connectivity index (χ1) is 10.5. The van der Waals surface area contributed by atoms with Gasteiger partial charge in [-0.15, -0.1) is 0 Å². The Kier molecular flexibility index (Phi) is 5.28. The minimum Gasteiger partial charge on any atom is -0.495 e. The van der Waals surface area contributed by atoms with Gasteiger partial charge in [-0.1, -0.05) is 23.7 Å². The van der Waals surface area contributed by atoms with Crippen molar-refractivity contribution in [2.75, 3.05) is 19.0 Å². The zero-order valence-corrected chi connectivity index (χ0v) is 13.5. The number of benzene rings is 2. The minimum atomic E-state index is -0.255. The lowest BCUT2D eigenvalue weighted by molar-refractivity contribution is -0.118. The number of anilines is 1. The lowest BCUT2D eigenvalue weighted by Gasteiger charge is -2.12. The van der Waals surface area contributed by atoms with E-state index >= 15 is 0 Å². The third-order valence-corrected chi connectivity index (χ3v) is 3.76. The van der Waals surface area contributed by atoms with Crippen LogP contribution in [0.15, 0.2) is 36.4 Å². The summed E-state index contributed by atoms with van der Waals surface area (Å²) < 4.78 is 10.7. The molecular weight excluding hydrogens is 302 g/mol. The van der Waals surface area contributed by atoms with Gasteiger partial charge >= 0.3 is 0 Å². The number of ether oxygens (including phenoxy) is 2. The van der Waals surface area contributed by atoms with Crippen molar-refractivity contribution in [3.8, 4) is 11.5 Å². The summed E-state index contributed by atoms with van der Waals surface area (Å²) in [5.41, 5.74) is 2.45. The van der Waals surface area contributed by atoms with Gasteiger partial charge < -0.3 is 14.8 Å². The van der Waals surface area contributed by atoms with Crippen LogP contribution in [0.2, 0.25) is 5.02 Å². The Bertz CT molecular complexity index is 662. The first kappa shape index (κ1) is 16.2. The van der Waals surface area contributed by atoms with Gasteiger partial charge in [0.2, 0.25) is 0 Å². The van der Waals surface area contributed by atoms with Crippen LogP contribution in [0.1, 0.15) is 11.1 Å². The van der Waals surface area contributed by atoms with Crippen LogP contribution in [0.5, 0.6) is 11.5 Å². The molecule has 22 heavy (non-hydrogen) atoms. The Labute approximate surface area is 135 Å². The van der Waals surface area contributed by atoms with Crippen molar-refractivity contribution >= 4 is 23.2 Å². The van der Waals surface area contributed by atoms with E-state index < -0.39 is 0 Å².